The second-order valence-electron chi connectivity index (χ2n) is 6.77. The van der Waals surface area contributed by atoms with Crippen molar-refractivity contribution in [1.29, 1.82) is 0 Å². The largest absolute Gasteiger partial charge is 0.328 e. The summed E-state index contributed by atoms with van der Waals surface area (Å²) >= 11 is 3.27. The van der Waals surface area contributed by atoms with Crippen molar-refractivity contribution < 1.29 is 4.79 Å². The van der Waals surface area contributed by atoms with E-state index < -0.39 is 0 Å². The summed E-state index contributed by atoms with van der Waals surface area (Å²) in [6.07, 6.45) is 2.26. The molecule has 1 amide bonds. The highest BCUT2D eigenvalue weighted by atomic mass is 32.2. The molecule has 0 spiro atoms. The molecular formula is C21H23N5OS2. The average molecular weight is 426 g/mol. The van der Waals surface area contributed by atoms with E-state index in [-0.39, 0.29) is 11.9 Å². The van der Waals surface area contributed by atoms with Gasteiger partial charge in [0.2, 0.25) is 11.1 Å². The molecule has 1 aliphatic rings. The summed E-state index contributed by atoms with van der Waals surface area (Å²) in [5.41, 5.74) is 2.21. The summed E-state index contributed by atoms with van der Waals surface area (Å²) in [4.78, 5) is 18.9. The third kappa shape index (κ3) is 4.23. The molecule has 0 radical (unpaired) electrons. The molecule has 1 atom stereocenters. The first-order valence-corrected chi connectivity index (χ1v) is 11.5. The van der Waals surface area contributed by atoms with Crippen molar-refractivity contribution in [3.8, 4) is 0 Å². The number of nitrogens with one attached hydrogen (secondary N) is 2. The van der Waals surface area contributed by atoms with Gasteiger partial charge in [-0.1, -0.05) is 49.4 Å². The van der Waals surface area contributed by atoms with Crippen LogP contribution in [0, 0.1) is 0 Å². The number of anilines is 2. The predicted molar refractivity (Wildman–Crippen MR) is 120 cm³/mol. The number of nitrogens with zero attached hydrogens (tertiary/aromatic N) is 3. The van der Waals surface area contributed by atoms with Crippen molar-refractivity contribution in [2.24, 2.45) is 0 Å². The van der Waals surface area contributed by atoms with E-state index in [9.17, 15) is 4.79 Å². The highest BCUT2D eigenvalue weighted by Crippen LogP contribution is 2.38. The molecule has 0 aliphatic carbocycles. The number of unbranched alkanes of at least 4 members (excludes halogenated alkanes) is 1. The van der Waals surface area contributed by atoms with E-state index in [1.165, 1.54) is 0 Å². The topological polar surface area (TPSA) is 71.8 Å². The SMILES string of the molecule is CCCCSc1nc2n(n1)C(c1cccs1)C(C(=O)Nc1ccccc1)=C(C)N2. The Kier molecular flexibility index (Phi) is 6.01. The molecule has 3 heterocycles. The Hall–Kier alpha value is -2.58. The first-order valence-electron chi connectivity index (χ1n) is 9.64. The van der Waals surface area contributed by atoms with Gasteiger partial charge in [-0.3, -0.25) is 4.79 Å². The summed E-state index contributed by atoms with van der Waals surface area (Å²) in [5, 5.41) is 13.8. The van der Waals surface area contributed by atoms with Gasteiger partial charge in [0.05, 0.1) is 5.57 Å². The Balaban J connectivity index is 1.68. The van der Waals surface area contributed by atoms with Gasteiger partial charge >= 0.3 is 0 Å². The summed E-state index contributed by atoms with van der Waals surface area (Å²) in [6.45, 7) is 4.09. The van der Waals surface area contributed by atoms with E-state index in [2.05, 4.69) is 22.5 Å². The number of thioether (sulfide) groups is 1. The Morgan fingerprint density at radius 3 is 2.83 bits per heavy atom. The van der Waals surface area contributed by atoms with E-state index in [1.807, 2.05) is 59.5 Å². The second-order valence-corrected chi connectivity index (χ2v) is 8.81. The maximum Gasteiger partial charge on any atom is 0.255 e. The maximum absolute atomic E-state index is 13.2. The number of fused-ring (bicyclic) bond motifs is 1. The van der Waals surface area contributed by atoms with Gasteiger partial charge in [-0.25, -0.2) is 4.68 Å². The van der Waals surface area contributed by atoms with Crippen LogP contribution in [0.25, 0.3) is 0 Å². The number of para-hydroxylation sites is 1. The van der Waals surface area contributed by atoms with Crippen molar-refractivity contribution in [1.82, 2.24) is 14.8 Å². The van der Waals surface area contributed by atoms with Crippen molar-refractivity contribution in [3.05, 3.63) is 64.0 Å². The first-order chi connectivity index (χ1) is 14.2. The number of amides is 1. The standard InChI is InChI=1S/C21H23N5OS2/c1-3-4-12-29-21-24-20-22-14(2)17(19(27)23-15-9-6-5-7-10-15)18(26(20)25-21)16-11-8-13-28-16/h5-11,13,18H,3-4,12H2,1-2H3,(H,23,27)(H,22,24,25). The summed E-state index contributed by atoms with van der Waals surface area (Å²) in [6, 6.07) is 13.2. The molecule has 0 saturated carbocycles. The predicted octanol–water partition coefficient (Wildman–Crippen LogP) is 5.16. The van der Waals surface area contributed by atoms with Gasteiger partial charge in [-0.15, -0.1) is 16.4 Å². The van der Waals surface area contributed by atoms with E-state index >= 15 is 0 Å². The molecular weight excluding hydrogens is 402 g/mol. The molecule has 8 heteroatoms. The fourth-order valence-electron chi connectivity index (χ4n) is 3.22. The van der Waals surface area contributed by atoms with Crippen LogP contribution >= 0.6 is 23.1 Å². The smallest absolute Gasteiger partial charge is 0.255 e. The van der Waals surface area contributed by atoms with Crippen LogP contribution in [-0.2, 0) is 4.79 Å². The molecule has 0 bridgehead atoms. The highest BCUT2D eigenvalue weighted by molar-refractivity contribution is 7.99. The zero-order chi connectivity index (χ0) is 20.2. The number of aromatic nitrogens is 3. The van der Waals surface area contributed by atoms with Crippen LogP contribution in [-0.4, -0.2) is 26.4 Å². The third-order valence-corrected chi connectivity index (χ3v) is 6.50. The third-order valence-electron chi connectivity index (χ3n) is 4.65. The lowest BCUT2D eigenvalue weighted by Crippen LogP contribution is -2.31. The lowest BCUT2D eigenvalue weighted by atomic mass is 10.0. The van der Waals surface area contributed by atoms with E-state index in [0.717, 1.165) is 40.0 Å². The zero-order valence-corrected chi connectivity index (χ0v) is 18.0. The van der Waals surface area contributed by atoms with Crippen LogP contribution in [0.15, 0.2) is 64.3 Å². The number of allylic oxidation sites excluding steroid dienone is 1. The lowest BCUT2D eigenvalue weighted by molar-refractivity contribution is -0.113. The maximum atomic E-state index is 13.2. The first kappa shape index (κ1) is 19.7. The van der Waals surface area contributed by atoms with Crippen LogP contribution in [0.2, 0.25) is 0 Å². The van der Waals surface area contributed by atoms with E-state index in [1.54, 1.807) is 23.1 Å². The van der Waals surface area contributed by atoms with Gasteiger partial charge in [-0.2, -0.15) is 4.98 Å². The molecule has 150 valence electrons. The summed E-state index contributed by atoms with van der Waals surface area (Å²) in [7, 11) is 0. The Morgan fingerprint density at radius 2 is 2.10 bits per heavy atom. The lowest BCUT2D eigenvalue weighted by Gasteiger charge is -2.27. The number of thiophene rings is 1. The minimum absolute atomic E-state index is 0.138. The van der Waals surface area contributed by atoms with Crippen LogP contribution in [0.3, 0.4) is 0 Å². The second kappa shape index (κ2) is 8.84. The molecule has 2 N–H and O–H groups in total. The summed E-state index contributed by atoms with van der Waals surface area (Å²) in [5.74, 6) is 1.52. The molecule has 3 aromatic rings. The minimum atomic E-state index is -0.303. The van der Waals surface area contributed by atoms with Gasteiger partial charge in [0.25, 0.3) is 5.91 Å². The fraction of sp³-hybridized carbons (Fsp3) is 0.286. The van der Waals surface area contributed by atoms with Crippen LogP contribution < -0.4 is 10.6 Å². The molecule has 6 nitrogen and oxygen atoms in total. The number of carbonyl (C=O) groups is 1. The highest BCUT2D eigenvalue weighted by Gasteiger charge is 2.34. The number of hydrogen-bond acceptors (Lipinski definition) is 6. The van der Waals surface area contributed by atoms with Crippen LogP contribution in [0.4, 0.5) is 11.6 Å². The Labute approximate surface area is 178 Å². The quantitative estimate of drug-likeness (QED) is 0.404. The molecule has 29 heavy (non-hydrogen) atoms. The van der Waals surface area contributed by atoms with Gasteiger partial charge in [0.15, 0.2) is 0 Å². The normalized spacial score (nSPS) is 15.7. The molecule has 1 unspecified atom stereocenters. The molecule has 1 aliphatic heterocycles. The molecule has 0 saturated heterocycles. The number of carbonyl (C=O) groups excluding carboxylic acids is 1. The van der Waals surface area contributed by atoms with Crippen molar-refractivity contribution >= 4 is 40.6 Å². The number of rotatable bonds is 7. The molecule has 2 aromatic heterocycles. The average Bonchev–Trinajstić information content (AvgIpc) is 3.37. The van der Waals surface area contributed by atoms with Crippen LogP contribution in [0.5, 0.6) is 0 Å². The monoisotopic (exact) mass is 425 g/mol. The molecule has 0 fully saturated rings. The van der Waals surface area contributed by atoms with Crippen molar-refractivity contribution in [3.63, 3.8) is 0 Å². The number of benzene rings is 1. The van der Waals surface area contributed by atoms with E-state index in [4.69, 9.17) is 5.10 Å². The van der Waals surface area contributed by atoms with Crippen LogP contribution in [0.1, 0.15) is 37.6 Å². The Morgan fingerprint density at radius 1 is 1.28 bits per heavy atom. The Bertz CT molecular complexity index is 1010. The number of hydrogen-bond donors (Lipinski definition) is 2. The van der Waals surface area contributed by atoms with Crippen molar-refractivity contribution in [2.75, 3.05) is 16.4 Å². The zero-order valence-electron chi connectivity index (χ0n) is 16.4. The fourth-order valence-corrected chi connectivity index (χ4v) is 4.95. The van der Waals surface area contributed by atoms with Gasteiger partial charge in [0.1, 0.15) is 6.04 Å². The molecule has 4 rings (SSSR count). The minimum Gasteiger partial charge on any atom is -0.328 e. The van der Waals surface area contributed by atoms with Crippen molar-refractivity contribution in [2.45, 2.75) is 37.9 Å². The van der Waals surface area contributed by atoms with Gasteiger partial charge < -0.3 is 10.6 Å². The van der Waals surface area contributed by atoms with Gasteiger partial charge in [-0.05, 0) is 36.9 Å². The van der Waals surface area contributed by atoms with Gasteiger partial charge in [0, 0.05) is 22.0 Å². The molecule has 1 aromatic carbocycles. The van der Waals surface area contributed by atoms with E-state index in [0.29, 0.717) is 11.5 Å². The summed E-state index contributed by atoms with van der Waals surface area (Å²) < 4.78 is 1.84.